The molecule has 1 rings (SSSR count). The third-order valence-corrected chi connectivity index (χ3v) is 2.56. The number of carbonyl (C=O) groups is 2. The Kier molecular flexibility index (Phi) is 4.06. The Morgan fingerprint density at radius 3 is 2.44 bits per heavy atom. The van der Waals surface area contributed by atoms with E-state index in [1.165, 1.54) is 6.08 Å². The van der Waals surface area contributed by atoms with Gasteiger partial charge >= 0.3 is 0 Å². The number of nitrogens with one attached hydrogen (secondary N) is 2. The van der Waals surface area contributed by atoms with Crippen molar-refractivity contribution < 1.29 is 9.59 Å². The van der Waals surface area contributed by atoms with Crippen molar-refractivity contribution in [3.05, 3.63) is 12.7 Å². The summed E-state index contributed by atoms with van der Waals surface area (Å²) >= 11 is 0. The fourth-order valence-corrected chi connectivity index (χ4v) is 1.68. The molecule has 0 saturated carbocycles. The first kappa shape index (κ1) is 12.7. The minimum Gasteiger partial charge on any atom is -0.339 e. The van der Waals surface area contributed by atoms with Crippen LogP contribution in [0.1, 0.15) is 13.8 Å². The molecular formula is C11H19N3O2. The van der Waals surface area contributed by atoms with E-state index in [0.29, 0.717) is 13.1 Å². The molecule has 0 unspecified atom stereocenters. The zero-order valence-corrected chi connectivity index (χ0v) is 9.88. The second-order valence-corrected chi connectivity index (χ2v) is 4.36. The number of carbonyl (C=O) groups excluding carboxylic acids is 2. The van der Waals surface area contributed by atoms with Crippen LogP contribution in [0.3, 0.4) is 0 Å². The normalized spacial score (nSPS) is 16.8. The van der Waals surface area contributed by atoms with Crippen LogP contribution in [0.15, 0.2) is 12.7 Å². The maximum absolute atomic E-state index is 12.1. The summed E-state index contributed by atoms with van der Waals surface area (Å²) in [4.78, 5) is 25.1. The van der Waals surface area contributed by atoms with Crippen molar-refractivity contribution in [2.45, 2.75) is 19.4 Å². The van der Waals surface area contributed by atoms with Gasteiger partial charge in [0.15, 0.2) is 0 Å². The first-order valence-electron chi connectivity index (χ1n) is 5.42. The number of nitrogens with zero attached hydrogens (tertiary/aromatic N) is 1. The summed E-state index contributed by atoms with van der Waals surface area (Å²) in [5.74, 6) is -0.377. The summed E-state index contributed by atoms with van der Waals surface area (Å²) in [6, 6.07) is 0. The molecule has 0 spiro atoms. The van der Waals surface area contributed by atoms with Gasteiger partial charge in [-0.05, 0) is 19.9 Å². The summed E-state index contributed by atoms with van der Waals surface area (Å²) in [6.45, 7) is 9.76. The third kappa shape index (κ3) is 3.06. The number of rotatable bonds is 3. The van der Waals surface area contributed by atoms with E-state index < -0.39 is 5.54 Å². The van der Waals surface area contributed by atoms with E-state index in [4.69, 9.17) is 0 Å². The Balaban J connectivity index is 2.62. The van der Waals surface area contributed by atoms with Crippen LogP contribution in [0.4, 0.5) is 0 Å². The van der Waals surface area contributed by atoms with Crippen molar-refractivity contribution in [1.82, 2.24) is 15.5 Å². The van der Waals surface area contributed by atoms with Gasteiger partial charge in [-0.3, -0.25) is 9.59 Å². The number of piperazine rings is 1. The minimum absolute atomic E-state index is 0.0517. The molecule has 2 N–H and O–H groups in total. The average Bonchev–Trinajstić information content (AvgIpc) is 2.28. The second-order valence-electron chi connectivity index (χ2n) is 4.36. The molecule has 1 aliphatic rings. The molecule has 5 heteroatoms. The summed E-state index contributed by atoms with van der Waals surface area (Å²) in [6.07, 6.45) is 1.17. The monoisotopic (exact) mass is 225 g/mol. The van der Waals surface area contributed by atoms with Crippen LogP contribution in [-0.4, -0.2) is 48.4 Å². The van der Waals surface area contributed by atoms with Crippen molar-refractivity contribution in [1.29, 1.82) is 0 Å². The summed E-state index contributed by atoms with van der Waals surface area (Å²) in [5, 5.41) is 5.81. The molecule has 0 bridgehead atoms. The van der Waals surface area contributed by atoms with E-state index in [9.17, 15) is 9.59 Å². The van der Waals surface area contributed by atoms with Gasteiger partial charge < -0.3 is 15.5 Å². The van der Waals surface area contributed by atoms with Crippen LogP contribution in [0.2, 0.25) is 0 Å². The average molecular weight is 225 g/mol. The standard InChI is InChI=1S/C11H19N3O2/c1-4-9(15)13-11(2,3)10(16)14-7-5-12-6-8-14/h4,12H,1,5-8H2,2-3H3,(H,13,15). The van der Waals surface area contributed by atoms with E-state index in [1.54, 1.807) is 18.7 Å². The molecule has 2 amide bonds. The van der Waals surface area contributed by atoms with Crippen molar-refractivity contribution in [2.24, 2.45) is 0 Å². The molecular weight excluding hydrogens is 206 g/mol. The zero-order chi connectivity index (χ0) is 12.2. The maximum Gasteiger partial charge on any atom is 0.247 e. The molecule has 1 saturated heterocycles. The topological polar surface area (TPSA) is 61.4 Å². The van der Waals surface area contributed by atoms with Gasteiger partial charge in [-0.25, -0.2) is 0 Å². The Hall–Kier alpha value is -1.36. The van der Waals surface area contributed by atoms with Crippen molar-refractivity contribution in [2.75, 3.05) is 26.2 Å². The Labute approximate surface area is 95.9 Å². The van der Waals surface area contributed by atoms with Crippen LogP contribution in [0, 0.1) is 0 Å². The molecule has 1 fully saturated rings. The van der Waals surface area contributed by atoms with Crippen LogP contribution >= 0.6 is 0 Å². The van der Waals surface area contributed by atoms with Gasteiger partial charge in [0, 0.05) is 26.2 Å². The van der Waals surface area contributed by atoms with Gasteiger partial charge in [-0.1, -0.05) is 6.58 Å². The summed E-state index contributed by atoms with van der Waals surface area (Å²) < 4.78 is 0. The fraction of sp³-hybridized carbons (Fsp3) is 0.636. The largest absolute Gasteiger partial charge is 0.339 e. The fourth-order valence-electron chi connectivity index (χ4n) is 1.68. The highest BCUT2D eigenvalue weighted by atomic mass is 16.2. The maximum atomic E-state index is 12.1. The van der Waals surface area contributed by atoms with Crippen LogP contribution in [0.5, 0.6) is 0 Å². The second kappa shape index (κ2) is 5.12. The van der Waals surface area contributed by atoms with E-state index in [-0.39, 0.29) is 11.8 Å². The molecule has 1 heterocycles. The SMILES string of the molecule is C=CC(=O)NC(C)(C)C(=O)N1CCNCC1. The number of hydrogen-bond acceptors (Lipinski definition) is 3. The molecule has 0 aromatic heterocycles. The van der Waals surface area contributed by atoms with Gasteiger partial charge in [0.1, 0.15) is 5.54 Å². The first-order valence-corrected chi connectivity index (χ1v) is 5.42. The first-order chi connectivity index (χ1) is 7.47. The molecule has 1 aliphatic heterocycles. The zero-order valence-electron chi connectivity index (χ0n) is 9.88. The predicted octanol–water partition coefficient (Wildman–Crippen LogP) is -0.501. The van der Waals surface area contributed by atoms with Gasteiger partial charge in [-0.15, -0.1) is 0 Å². The number of amides is 2. The lowest BCUT2D eigenvalue weighted by Gasteiger charge is -2.34. The quantitative estimate of drug-likeness (QED) is 0.637. The summed E-state index contributed by atoms with van der Waals surface area (Å²) in [5.41, 5.74) is -0.872. The van der Waals surface area contributed by atoms with Gasteiger partial charge in [0.2, 0.25) is 11.8 Å². The molecule has 5 nitrogen and oxygen atoms in total. The summed E-state index contributed by atoms with van der Waals surface area (Å²) in [7, 11) is 0. The minimum atomic E-state index is -0.872. The molecule has 0 atom stereocenters. The van der Waals surface area contributed by atoms with Gasteiger partial charge in [-0.2, -0.15) is 0 Å². The highest BCUT2D eigenvalue weighted by Crippen LogP contribution is 2.09. The van der Waals surface area contributed by atoms with Crippen LogP contribution < -0.4 is 10.6 Å². The Bertz CT molecular complexity index is 294. The highest BCUT2D eigenvalue weighted by Gasteiger charge is 2.33. The van der Waals surface area contributed by atoms with E-state index in [0.717, 1.165) is 13.1 Å². The van der Waals surface area contributed by atoms with Gasteiger partial charge in [0.25, 0.3) is 0 Å². The lowest BCUT2D eigenvalue weighted by atomic mass is 10.0. The molecule has 90 valence electrons. The Morgan fingerprint density at radius 1 is 1.38 bits per heavy atom. The molecule has 0 aromatic carbocycles. The lowest BCUT2D eigenvalue weighted by molar-refractivity contribution is -0.140. The lowest BCUT2D eigenvalue weighted by Crippen LogP contribution is -2.59. The van der Waals surface area contributed by atoms with Crippen molar-refractivity contribution >= 4 is 11.8 Å². The predicted molar refractivity (Wildman–Crippen MR) is 61.9 cm³/mol. The van der Waals surface area contributed by atoms with Crippen LogP contribution in [-0.2, 0) is 9.59 Å². The molecule has 0 aliphatic carbocycles. The molecule has 0 aromatic rings. The van der Waals surface area contributed by atoms with E-state index in [2.05, 4.69) is 17.2 Å². The molecule has 0 radical (unpaired) electrons. The Morgan fingerprint density at radius 2 is 1.94 bits per heavy atom. The smallest absolute Gasteiger partial charge is 0.247 e. The van der Waals surface area contributed by atoms with Crippen molar-refractivity contribution in [3.8, 4) is 0 Å². The van der Waals surface area contributed by atoms with Gasteiger partial charge in [0.05, 0.1) is 0 Å². The number of hydrogen-bond donors (Lipinski definition) is 2. The third-order valence-electron chi connectivity index (χ3n) is 2.56. The molecule has 16 heavy (non-hydrogen) atoms. The van der Waals surface area contributed by atoms with E-state index in [1.807, 2.05) is 0 Å². The van der Waals surface area contributed by atoms with Crippen molar-refractivity contribution in [3.63, 3.8) is 0 Å². The van der Waals surface area contributed by atoms with E-state index >= 15 is 0 Å². The van der Waals surface area contributed by atoms with Crippen LogP contribution in [0.25, 0.3) is 0 Å². The highest BCUT2D eigenvalue weighted by molar-refractivity contribution is 5.94.